The predicted octanol–water partition coefficient (Wildman–Crippen LogP) is 3.30. The van der Waals surface area contributed by atoms with Gasteiger partial charge in [-0.15, -0.1) is 0 Å². The summed E-state index contributed by atoms with van der Waals surface area (Å²) in [6.45, 7) is 4.62. The van der Waals surface area contributed by atoms with Gasteiger partial charge in [-0.1, -0.05) is 38.4 Å². The summed E-state index contributed by atoms with van der Waals surface area (Å²) in [5.74, 6) is 0.858. The molecule has 0 amide bonds. The molecular formula is C19H36O7S4. The smallest absolute Gasteiger partial charge is 0.220 e. The van der Waals surface area contributed by atoms with Gasteiger partial charge in [-0.2, -0.15) is 0 Å². The van der Waals surface area contributed by atoms with Crippen molar-refractivity contribution in [3.63, 3.8) is 0 Å². The first-order chi connectivity index (χ1) is 13.6. The van der Waals surface area contributed by atoms with Gasteiger partial charge in [0.25, 0.3) is 0 Å². The molecule has 2 aliphatic heterocycles. The molecule has 0 aromatic carbocycles. The van der Waals surface area contributed by atoms with Crippen molar-refractivity contribution in [1.29, 1.82) is 0 Å². The van der Waals surface area contributed by atoms with Gasteiger partial charge in [-0.3, -0.25) is 0 Å². The van der Waals surface area contributed by atoms with E-state index < -0.39 is 6.10 Å². The fourth-order valence-corrected chi connectivity index (χ4v) is 4.55. The Labute approximate surface area is 200 Å². The van der Waals surface area contributed by atoms with Crippen molar-refractivity contribution in [1.82, 2.24) is 0 Å². The number of hydrogen-bond acceptors (Lipinski definition) is 11. The van der Waals surface area contributed by atoms with Gasteiger partial charge >= 0.3 is 0 Å². The molecule has 0 bridgehead atoms. The van der Waals surface area contributed by atoms with E-state index in [1.54, 1.807) is 23.5 Å². The van der Waals surface area contributed by atoms with Crippen LogP contribution in [0.25, 0.3) is 0 Å². The molecule has 2 heterocycles. The summed E-state index contributed by atoms with van der Waals surface area (Å²) in [5.41, 5.74) is 0. The molecule has 178 valence electrons. The Morgan fingerprint density at radius 2 is 1.53 bits per heavy atom. The van der Waals surface area contributed by atoms with Crippen molar-refractivity contribution in [2.24, 2.45) is 0 Å². The van der Waals surface area contributed by atoms with Crippen LogP contribution >= 0.6 is 48.0 Å². The molecular weight excluding hydrogens is 468 g/mol. The maximum absolute atomic E-state index is 9.82. The zero-order chi connectivity index (χ0) is 20.0. The van der Waals surface area contributed by atoms with E-state index in [0.717, 1.165) is 18.6 Å². The van der Waals surface area contributed by atoms with Crippen molar-refractivity contribution in [2.75, 3.05) is 65.2 Å². The fourth-order valence-electron chi connectivity index (χ4n) is 2.34. The van der Waals surface area contributed by atoms with Crippen LogP contribution < -0.4 is 0 Å². The fraction of sp³-hybridized carbons (Fsp3) is 0.895. The highest BCUT2D eigenvalue weighted by Gasteiger charge is 2.22. The molecule has 30 heavy (non-hydrogen) atoms. The predicted molar refractivity (Wildman–Crippen MR) is 132 cm³/mol. The van der Waals surface area contributed by atoms with Crippen LogP contribution in [0.15, 0.2) is 0 Å². The molecule has 3 atom stereocenters. The first-order valence-electron chi connectivity index (χ1n) is 9.29. The molecule has 3 unspecified atom stereocenters. The zero-order valence-electron chi connectivity index (χ0n) is 15.7. The summed E-state index contributed by atoms with van der Waals surface area (Å²) >= 11 is 13.0. The summed E-state index contributed by atoms with van der Waals surface area (Å²) in [7, 11) is 0. The molecule has 1 N–H and O–H groups in total. The monoisotopic (exact) mass is 504 g/mol. The van der Waals surface area contributed by atoms with Crippen LogP contribution in [0.2, 0.25) is 0 Å². The van der Waals surface area contributed by atoms with Crippen molar-refractivity contribution in [3.8, 4) is 0 Å². The normalized spacial score (nSPS) is 21.5. The molecule has 2 fully saturated rings. The van der Waals surface area contributed by atoms with Gasteiger partial charge in [-0.05, 0) is 37.3 Å². The van der Waals surface area contributed by atoms with E-state index in [1.807, 2.05) is 0 Å². The van der Waals surface area contributed by atoms with Gasteiger partial charge in [0.15, 0.2) is 0 Å². The molecule has 2 saturated heterocycles. The lowest BCUT2D eigenvalue weighted by atomic mass is 10.4. The highest BCUT2D eigenvalue weighted by atomic mass is 32.2. The number of thioether (sulfide) groups is 2. The van der Waals surface area contributed by atoms with E-state index in [1.165, 1.54) is 0 Å². The Hall–Kier alpha value is 0.280. The molecule has 2 aliphatic rings. The van der Waals surface area contributed by atoms with Crippen LogP contribution in [0.4, 0.5) is 0 Å². The topological polar surface area (TPSA) is 75.6 Å². The highest BCUT2D eigenvalue weighted by molar-refractivity contribution is 8.23. The van der Waals surface area contributed by atoms with Crippen molar-refractivity contribution in [2.45, 2.75) is 45.2 Å². The first-order valence-corrected chi connectivity index (χ1v) is 12.0. The lowest BCUT2D eigenvalue weighted by Crippen LogP contribution is -2.23. The zero-order valence-corrected chi connectivity index (χ0v) is 19.0. The molecule has 2 rings (SSSR count). The second kappa shape index (κ2) is 18.8. The SMILES string of the molecule is C.C.OC(COCCCOCC1CSC(=S)O1)COCCCOCC1COC(=S)S1. The third-order valence-electron chi connectivity index (χ3n) is 3.68. The number of rotatable bonds is 16. The second-order valence-corrected chi connectivity index (χ2v) is 9.79. The average Bonchev–Trinajstić information content (AvgIpc) is 3.28. The van der Waals surface area contributed by atoms with Crippen LogP contribution in [0.5, 0.6) is 0 Å². The van der Waals surface area contributed by atoms with Crippen LogP contribution in [-0.4, -0.2) is 96.5 Å². The molecule has 0 saturated carbocycles. The van der Waals surface area contributed by atoms with Crippen LogP contribution in [-0.2, 0) is 28.4 Å². The van der Waals surface area contributed by atoms with E-state index in [9.17, 15) is 5.11 Å². The molecule has 0 aromatic rings. The van der Waals surface area contributed by atoms with Crippen molar-refractivity contribution < 1.29 is 33.5 Å². The minimum absolute atomic E-state index is 0. The Morgan fingerprint density at radius 3 is 2.07 bits per heavy atom. The molecule has 0 aliphatic carbocycles. The third-order valence-corrected chi connectivity index (χ3v) is 6.33. The third kappa shape index (κ3) is 14.4. The maximum Gasteiger partial charge on any atom is 0.220 e. The summed E-state index contributed by atoms with van der Waals surface area (Å²) in [5, 5.41) is 10.1. The Balaban J connectivity index is 0.00000420. The maximum atomic E-state index is 9.82. The van der Waals surface area contributed by atoms with E-state index in [0.29, 0.717) is 60.3 Å². The first kappa shape index (κ1) is 30.3. The number of aliphatic hydroxyl groups excluding tert-OH is 1. The summed E-state index contributed by atoms with van der Waals surface area (Å²) in [6.07, 6.45) is 0.989. The minimum atomic E-state index is -0.625. The Morgan fingerprint density at radius 1 is 0.933 bits per heavy atom. The van der Waals surface area contributed by atoms with Gasteiger partial charge < -0.3 is 33.5 Å². The largest absolute Gasteiger partial charge is 0.477 e. The second-order valence-electron chi connectivity index (χ2n) is 6.26. The lowest BCUT2D eigenvalue weighted by molar-refractivity contribution is -0.0274. The summed E-state index contributed by atoms with van der Waals surface area (Å²) in [6, 6.07) is 0. The van der Waals surface area contributed by atoms with E-state index in [-0.39, 0.29) is 34.2 Å². The lowest BCUT2D eigenvalue weighted by Gasteiger charge is -2.13. The molecule has 0 aromatic heterocycles. The average molecular weight is 505 g/mol. The van der Waals surface area contributed by atoms with Crippen molar-refractivity contribution >= 4 is 56.7 Å². The van der Waals surface area contributed by atoms with E-state index >= 15 is 0 Å². The Bertz CT molecular complexity index is 430. The molecule has 0 spiro atoms. The van der Waals surface area contributed by atoms with E-state index in [4.69, 9.17) is 52.9 Å². The quantitative estimate of drug-likeness (QED) is 0.248. The van der Waals surface area contributed by atoms with Crippen LogP contribution in [0.1, 0.15) is 27.7 Å². The van der Waals surface area contributed by atoms with Gasteiger partial charge in [0.1, 0.15) is 18.8 Å². The number of ether oxygens (including phenoxy) is 6. The van der Waals surface area contributed by atoms with Crippen LogP contribution in [0.3, 0.4) is 0 Å². The Kier molecular flexibility index (Phi) is 19.0. The number of hydrogen-bond donors (Lipinski definition) is 1. The van der Waals surface area contributed by atoms with Gasteiger partial charge in [0.2, 0.25) is 8.77 Å². The van der Waals surface area contributed by atoms with E-state index in [2.05, 4.69) is 0 Å². The summed E-state index contributed by atoms with van der Waals surface area (Å²) in [4.78, 5) is 0. The summed E-state index contributed by atoms with van der Waals surface area (Å²) < 4.78 is 33.8. The van der Waals surface area contributed by atoms with Gasteiger partial charge in [-0.25, -0.2) is 0 Å². The number of thiocarbonyl (C=S) groups is 2. The molecule has 7 nitrogen and oxygen atoms in total. The highest BCUT2D eigenvalue weighted by Crippen LogP contribution is 2.22. The van der Waals surface area contributed by atoms with Gasteiger partial charge in [0, 0.05) is 32.2 Å². The van der Waals surface area contributed by atoms with Crippen molar-refractivity contribution in [3.05, 3.63) is 0 Å². The van der Waals surface area contributed by atoms with Gasteiger partial charge in [0.05, 0.1) is 31.7 Å². The standard InChI is InChI=1S/C17H28O7S4.2CH4/c18-13(7-19-3-1-5-21-9-14-12-27-17(26)24-14)8-20-4-2-6-22-10-15-11-23-16(25)28-15;;/h13-15,18H,1-12H2;2*1H4. The number of aliphatic hydroxyl groups is 1. The van der Waals surface area contributed by atoms with Crippen LogP contribution in [0, 0.1) is 0 Å². The molecule has 0 radical (unpaired) electrons. The minimum Gasteiger partial charge on any atom is -0.477 e. The molecule has 11 heteroatoms.